The molecule has 0 unspecified atom stereocenters. The third kappa shape index (κ3) is 5.29. The van der Waals surface area contributed by atoms with Crippen LogP contribution in [-0.2, 0) is 0 Å². The van der Waals surface area contributed by atoms with Gasteiger partial charge >= 0.3 is 6.03 Å². The van der Waals surface area contributed by atoms with E-state index in [-0.39, 0.29) is 11.3 Å². The summed E-state index contributed by atoms with van der Waals surface area (Å²) in [6.45, 7) is 0. The van der Waals surface area contributed by atoms with Gasteiger partial charge in [0.05, 0.1) is 0 Å². The molecule has 0 aliphatic rings. The van der Waals surface area contributed by atoms with Crippen LogP contribution in [0.5, 0.6) is 0 Å². The van der Waals surface area contributed by atoms with Crippen molar-refractivity contribution in [2.75, 3.05) is 0 Å². The predicted molar refractivity (Wildman–Crippen MR) is 48.4 cm³/mol. The van der Waals surface area contributed by atoms with Gasteiger partial charge < -0.3 is 11.5 Å². The lowest BCUT2D eigenvalue weighted by atomic mass is 10.2. The van der Waals surface area contributed by atoms with Crippen molar-refractivity contribution >= 4 is 12.3 Å². The first-order valence-corrected chi connectivity index (χ1v) is 3.72. The summed E-state index contributed by atoms with van der Waals surface area (Å²) >= 11 is 0. The number of pyridine rings is 1. The number of hydrogen-bond donors (Lipinski definition) is 2. The van der Waals surface area contributed by atoms with Crippen LogP contribution in [0.3, 0.4) is 0 Å². The molecule has 0 spiro atoms. The number of carbonyl (C=O) groups is 2. The minimum Gasteiger partial charge on any atom is -0.352 e. The Morgan fingerprint density at radius 1 is 1.47 bits per heavy atom. The van der Waals surface area contributed by atoms with Crippen LogP contribution in [-0.4, -0.2) is 17.3 Å². The second-order valence-corrected chi connectivity index (χ2v) is 2.30. The van der Waals surface area contributed by atoms with Crippen molar-refractivity contribution in [1.82, 2.24) is 4.98 Å². The standard InChI is InChI=1S/C7H5F2NO.CH4N2O/c8-7(9)5-2-1-3-10-6(5)4-11;2-1(3)4/h1-4,7H;(H4,2,3,4). The summed E-state index contributed by atoms with van der Waals surface area (Å²) in [7, 11) is 0. The first-order chi connectivity index (χ1) is 6.99. The lowest BCUT2D eigenvalue weighted by molar-refractivity contribution is 0.110. The third-order valence-electron chi connectivity index (χ3n) is 1.22. The molecule has 5 nitrogen and oxygen atoms in total. The first-order valence-electron chi connectivity index (χ1n) is 3.72. The van der Waals surface area contributed by atoms with Crippen LogP contribution in [0.4, 0.5) is 13.6 Å². The van der Waals surface area contributed by atoms with Crippen LogP contribution in [0.15, 0.2) is 18.3 Å². The highest BCUT2D eigenvalue weighted by Crippen LogP contribution is 2.19. The SMILES string of the molecule is NC(N)=O.O=Cc1ncccc1C(F)F. The van der Waals surface area contributed by atoms with Gasteiger partial charge in [0.15, 0.2) is 6.29 Å². The second-order valence-electron chi connectivity index (χ2n) is 2.30. The smallest absolute Gasteiger partial charge is 0.309 e. The van der Waals surface area contributed by atoms with Crippen molar-refractivity contribution in [2.24, 2.45) is 11.5 Å². The molecule has 2 amide bonds. The monoisotopic (exact) mass is 217 g/mol. The van der Waals surface area contributed by atoms with Crippen molar-refractivity contribution in [3.63, 3.8) is 0 Å². The molecule has 4 N–H and O–H groups in total. The van der Waals surface area contributed by atoms with Crippen LogP contribution in [0.1, 0.15) is 22.5 Å². The van der Waals surface area contributed by atoms with Gasteiger partial charge in [-0.25, -0.2) is 13.6 Å². The molecule has 1 heterocycles. The summed E-state index contributed by atoms with van der Waals surface area (Å²) in [5.41, 5.74) is 7.99. The highest BCUT2D eigenvalue weighted by atomic mass is 19.3. The van der Waals surface area contributed by atoms with E-state index in [0.29, 0.717) is 6.29 Å². The molecule has 1 aromatic rings. The third-order valence-corrected chi connectivity index (χ3v) is 1.22. The molecule has 0 aliphatic carbocycles. The largest absolute Gasteiger partial charge is 0.352 e. The zero-order valence-electron chi connectivity index (χ0n) is 7.56. The zero-order chi connectivity index (χ0) is 11.8. The molecule has 7 heteroatoms. The van der Waals surface area contributed by atoms with Gasteiger partial charge in [0.2, 0.25) is 0 Å². The average molecular weight is 217 g/mol. The number of nitrogens with zero attached hydrogens (tertiary/aromatic N) is 1. The Labute approximate surface area is 84.1 Å². The van der Waals surface area contributed by atoms with E-state index in [2.05, 4.69) is 16.5 Å². The Morgan fingerprint density at radius 3 is 2.33 bits per heavy atom. The molecular weight excluding hydrogens is 208 g/mol. The molecule has 0 bridgehead atoms. The van der Waals surface area contributed by atoms with Crippen LogP contribution < -0.4 is 11.5 Å². The fourth-order valence-electron chi connectivity index (χ4n) is 0.713. The molecule has 0 aliphatic heterocycles. The molecule has 0 saturated carbocycles. The fraction of sp³-hybridized carbons (Fsp3) is 0.125. The number of rotatable bonds is 2. The molecule has 0 saturated heterocycles. The topological polar surface area (TPSA) is 99.1 Å². The maximum Gasteiger partial charge on any atom is 0.309 e. The van der Waals surface area contributed by atoms with Crippen molar-refractivity contribution < 1.29 is 18.4 Å². The Kier molecular flexibility index (Phi) is 5.53. The van der Waals surface area contributed by atoms with Gasteiger partial charge in [-0.1, -0.05) is 0 Å². The summed E-state index contributed by atoms with van der Waals surface area (Å²) in [4.78, 5) is 22.6. The van der Waals surface area contributed by atoms with E-state index >= 15 is 0 Å². The van der Waals surface area contributed by atoms with Gasteiger partial charge in [-0.2, -0.15) is 0 Å². The molecule has 1 rings (SSSR count). The van der Waals surface area contributed by atoms with Gasteiger partial charge in [-0.15, -0.1) is 0 Å². The maximum atomic E-state index is 12.0. The van der Waals surface area contributed by atoms with E-state index in [1.165, 1.54) is 18.3 Å². The average Bonchev–Trinajstić information content (AvgIpc) is 2.16. The number of primary amides is 2. The molecule has 1 aromatic heterocycles. The lowest BCUT2D eigenvalue weighted by Crippen LogP contribution is -2.18. The summed E-state index contributed by atoms with van der Waals surface area (Å²) in [6.07, 6.45) is -1.01. The number of aldehydes is 1. The number of urea groups is 1. The second kappa shape index (κ2) is 6.41. The van der Waals surface area contributed by atoms with E-state index in [1.54, 1.807) is 0 Å². The molecule has 82 valence electrons. The van der Waals surface area contributed by atoms with Gasteiger partial charge in [0.25, 0.3) is 6.43 Å². The quantitative estimate of drug-likeness (QED) is 0.718. The molecule has 0 fully saturated rings. The number of nitrogens with two attached hydrogens (primary N) is 2. The summed E-state index contributed by atoms with van der Waals surface area (Å²) in [5, 5.41) is 0. The maximum absolute atomic E-state index is 12.0. The van der Waals surface area contributed by atoms with Gasteiger partial charge in [0.1, 0.15) is 5.69 Å². The van der Waals surface area contributed by atoms with E-state index in [9.17, 15) is 13.6 Å². The first kappa shape index (κ1) is 12.9. The summed E-state index contributed by atoms with van der Waals surface area (Å²) in [6, 6.07) is 1.72. The molecule has 0 radical (unpaired) electrons. The lowest BCUT2D eigenvalue weighted by Gasteiger charge is -1.99. The van der Waals surface area contributed by atoms with Gasteiger partial charge in [-0.05, 0) is 12.1 Å². The Morgan fingerprint density at radius 2 is 2.00 bits per heavy atom. The highest BCUT2D eigenvalue weighted by Gasteiger charge is 2.11. The van der Waals surface area contributed by atoms with Crippen LogP contribution in [0.25, 0.3) is 0 Å². The summed E-state index contributed by atoms with van der Waals surface area (Å²) < 4.78 is 24.0. The number of hydrogen-bond acceptors (Lipinski definition) is 3. The number of alkyl halides is 2. The number of amides is 2. The summed E-state index contributed by atoms with van der Waals surface area (Å²) in [5.74, 6) is 0. The minimum absolute atomic E-state index is 0.192. The van der Waals surface area contributed by atoms with E-state index in [1.807, 2.05) is 0 Å². The predicted octanol–water partition coefficient (Wildman–Crippen LogP) is 0.855. The van der Waals surface area contributed by atoms with E-state index in [4.69, 9.17) is 4.79 Å². The number of aromatic nitrogens is 1. The number of carbonyl (C=O) groups excluding carboxylic acids is 2. The highest BCUT2D eigenvalue weighted by molar-refractivity contribution is 5.74. The molecule has 15 heavy (non-hydrogen) atoms. The zero-order valence-corrected chi connectivity index (χ0v) is 7.56. The Hall–Kier alpha value is -2.05. The normalized spacial score (nSPS) is 9.00. The van der Waals surface area contributed by atoms with Crippen molar-refractivity contribution in [1.29, 1.82) is 0 Å². The molecule has 0 atom stereocenters. The molecule has 0 aromatic carbocycles. The van der Waals surface area contributed by atoms with Crippen molar-refractivity contribution in [2.45, 2.75) is 6.43 Å². The van der Waals surface area contributed by atoms with E-state index < -0.39 is 12.5 Å². The van der Waals surface area contributed by atoms with Crippen LogP contribution >= 0.6 is 0 Å². The van der Waals surface area contributed by atoms with Crippen molar-refractivity contribution in [3.8, 4) is 0 Å². The Balaban J connectivity index is 0.000000423. The van der Waals surface area contributed by atoms with Crippen LogP contribution in [0.2, 0.25) is 0 Å². The van der Waals surface area contributed by atoms with Gasteiger partial charge in [-0.3, -0.25) is 9.78 Å². The van der Waals surface area contributed by atoms with E-state index in [0.717, 1.165) is 0 Å². The number of halogens is 2. The Bertz CT molecular complexity index is 340. The minimum atomic E-state index is -2.64. The fourth-order valence-corrected chi connectivity index (χ4v) is 0.713. The van der Waals surface area contributed by atoms with Gasteiger partial charge in [0, 0.05) is 11.8 Å². The molecular formula is C8H9F2N3O2. The van der Waals surface area contributed by atoms with Crippen LogP contribution in [0, 0.1) is 0 Å². The van der Waals surface area contributed by atoms with Crippen molar-refractivity contribution in [3.05, 3.63) is 29.6 Å².